The van der Waals surface area contributed by atoms with Crippen LogP contribution in [0.1, 0.15) is 43.2 Å². The molecule has 2 heterocycles. The molecule has 1 aromatic heterocycles. The molecule has 0 aliphatic carbocycles. The second kappa shape index (κ2) is 8.66. The van der Waals surface area contributed by atoms with Gasteiger partial charge in [0, 0.05) is 23.7 Å². The highest BCUT2D eigenvalue weighted by molar-refractivity contribution is 7.95. The van der Waals surface area contributed by atoms with Gasteiger partial charge in [0.25, 0.3) is 0 Å². The quantitative estimate of drug-likeness (QED) is 0.553. The van der Waals surface area contributed by atoms with E-state index in [1.54, 1.807) is 0 Å². The average Bonchev–Trinajstić information content (AvgIpc) is 2.91. The van der Waals surface area contributed by atoms with Gasteiger partial charge in [-0.15, -0.1) is 0 Å². The summed E-state index contributed by atoms with van der Waals surface area (Å²) in [6.45, 7) is 0. The summed E-state index contributed by atoms with van der Waals surface area (Å²) in [5.41, 5.74) is 5.27. The second-order valence-electron chi connectivity index (χ2n) is 7.15. The summed E-state index contributed by atoms with van der Waals surface area (Å²) in [4.78, 5) is 25.3. The Hall–Kier alpha value is -1.86. The van der Waals surface area contributed by atoms with Gasteiger partial charge in [-0.1, -0.05) is 18.2 Å². The van der Waals surface area contributed by atoms with Gasteiger partial charge in [-0.3, -0.25) is 0 Å². The van der Waals surface area contributed by atoms with E-state index in [0.717, 1.165) is 22.8 Å². The lowest BCUT2D eigenvalue weighted by Gasteiger charge is -2.11. The number of benzene rings is 1. The van der Waals surface area contributed by atoms with Gasteiger partial charge < -0.3 is 14.0 Å². The number of methoxy groups -OCH3 is 2. The molecule has 1 aliphatic rings. The van der Waals surface area contributed by atoms with E-state index in [-0.39, 0.29) is 27.8 Å². The number of hydrogen-bond donors (Lipinski definition) is 0. The van der Waals surface area contributed by atoms with Crippen molar-refractivity contribution in [2.45, 2.75) is 23.0 Å². The molecule has 0 spiro atoms. The van der Waals surface area contributed by atoms with E-state index in [4.69, 9.17) is 9.47 Å². The average molecular weight is 422 g/mol. The molecular weight excluding hydrogens is 394 g/mol. The standard InChI is InChI=1S/C21H27NO4S2/c1-22-17-13-28(5)11-15-8-6-7-14(9-15)10-27(4)12-16(18(17)20(23)25-2)19(22)21(24)26-3/h6-9H,10-13H2,1-5H3/q+2. The van der Waals surface area contributed by atoms with Crippen LogP contribution in [0.15, 0.2) is 24.3 Å². The lowest BCUT2D eigenvalue weighted by atomic mass is 10.1. The van der Waals surface area contributed by atoms with Gasteiger partial charge in [0.1, 0.15) is 28.7 Å². The molecule has 1 aromatic carbocycles. The molecule has 7 heteroatoms. The third-order valence-corrected chi connectivity index (χ3v) is 8.18. The molecule has 28 heavy (non-hydrogen) atoms. The minimum absolute atomic E-state index is 0.00545. The Kier molecular flexibility index (Phi) is 6.45. The van der Waals surface area contributed by atoms with Crippen molar-refractivity contribution in [3.8, 4) is 0 Å². The van der Waals surface area contributed by atoms with Crippen LogP contribution in [-0.2, 0) is 61.3 Å². The van der Waals surface area contributed by atoms with Crippen LogP contribution >= 0.6 is 0 Å². The van der Waals surface area contributed by atoms with Crippen LogP contribution in [0, 0.1) is 0 Å². The van der Waals surface area contributed by atoms with Crippen molar-refractivity contribution >= 4 is 33.7 Å². The maximum absolute atomic E-state index is 12.7. The number of carbonyl (C=O) groups is 2. The molecule has 0 radical (unpaired) electrons. The zero-order valence-corrected chi connectivity index (χ0v) is 18.7. The molecular formula is C21H27NO4S2+2. The maximum atomic E-state index is 12.7. The summed E-state index contributed by atoms with van der Waals surface area (Å²) in [7, 11) is 4.58. The number of carbonyl (C=O) groups excluding carboxylic acids is 2. The van der Waals surface area contributed by atoms with E-state index < -0.39 is 5.97 Å². The second-order valence-corrected chi connectivity index (χ2v) is 11.4. The van der Waals surface area contributed by atoms with Crippen LogP contribution in [0.2, 0.25) is 0 Å². The van der Waals surface area contributed by atoms with Crippen LogP contribution in [0.25, 0.3) is 0 Å². The topological polar surface area (TPSA) is 57.5 Å². The first-order valence-corrected chi connectivity index (χ1v) is 12.9. The fraction of sp³-hybridized carbons (Fsp3) is 0.429. The molecule has 3 rings (SSSR count). The third kappa shape index (κ3) is 4.10. The van der Waals surface area contributed by atoms with Crippen molar-refractivity contribution in [1.29, 1.82) is 0 Å². The van der Waals surface area contributed by atoms with Crippen molar-refractivity contribution in [2.75, 3.05) is 26.7 Å². The predicted molar refractivity (Wildman–Crippen MR) is 116 cm³/mol. The molecule has 2 unspecified atom stereocenters. The van der Waals surface area contributed by atoms with Crippen molar-refractivity contribution in [3.63, 3.8) is 0 Å². The number of esters is 2. The summed E-state index contributed by atoms with van der Waals surface area (Å²) in [5, 5.41) is 0. The summed E-state index contributed by atoms with van der Waals surface area (Å²) < 4.78 is 12.0. The molecule has 2 aromatic rings. The number of aromatic nitrogens is 1. The summed E-state index contributed by atoms with van der Waals surface area (Å²) >= 11 is 0. The Morgan fingerprint density at radius 2 is 1.50 bits per heavy atom. The summed E-state index contributed by atoms with van der Waals surface area (Å²) in [6, 6.07) is 8.75. The number of nitrogens with zero attached hydrogens (tertiary/aromatic N) is 1. The van der Waals surface area contributed by atoms with Gasteiger partial charge in [-0.25, -0.2) is 9.59 Å². The lowest BCUT2D eigenvalue weighted by molar-refractivity contribution is 0.0587. The Bertz CT molecular complexity index is 906. The van der Waals surface area contributed by atoms with E-state index in [2.05, 4.69) is 36.8 Å². The van der Waals surface area contributed by atoms with E-state index >= 15 is 0 Å². The van der Waals surface area contributed by atoms with Crippen molar-refractivity contribution in [2.24, 2.45) is 7.05 Å². The van der Waals surface area contributed by atoms with Crippen LogP contribution in [0.3, 0.4) is 0 Å². The number of fused-ring (bicyclic) bond motifs is 4. The van der Waals surface area contributed by atoms with Crippen LogP contribution < -0.4 is 0 Å². The summed E-state index contributed by atoms with van der Waals surface area (Å²) in [5.74, 6) is 2.44. The Labute approximate surface area is 172 Å². The Morgan fingerprint density at radius 1 is 0.929 bits per heavy atom. The Morgan fingerprint density at radius 3 is 2.07 bits per heavy atom. The smallest absolute Gasteiger partial charge is 0.355 e. The van der Waals surface area contributed by atoms with Gasteiger partial charge in [0.15, 0.2) is 0 Å². The highest BCUT2D eigenvalue weighted by Gasteiger charge is 2.36. The van der Waals surface area contributed by atoms with Gasteiger partial charge >= 0.3 is 11.9 Å². The SMILES string of the molecule is COC(=O)c1c2c(C(=O)OC)n(C)c1C[S+](C)Cc1cccc(c1)C[S+](C)C2. The molecule has 0 N–H and O–H groups in total. The van der Waals surface area contributed by atoms with Crippen molar-refractivity contribution in [3.05, 3.63) is 57.9 Å². The van der Waals surface area contributed by atoms with E-state index in [9.17, 15) is 9.59 Å². The normalized spacial score (nSPS) is 19.3. The van der Waals surface area contributed by atoms with Crippen molar-refractivity contribution < 1.29 is 19.1 Å². The molecule has 150 valence electrons. The van der Waals surface area contributed by atoms with Gasteiger partial charge in [-0.2, -0.15) is 0 Å². The predicted octanol–water partition coefficient (Wildman–Crippen LogP) is 2.81. The fourth-order valence-corrected chi connectivity index (χ4v) is 7.05. The lowest BCUT2D eigenvalue weighted by Crippen LogP contribution is -2.16. The molecule has 2 atom stereocenters. The molecule has 0 saturated heterocycles. The molecule has 1 aliphatic heterocycles. The minimum atomic E-state index is -0.405. The summed E-state index contributed by atoms with van der Waals surface area (Å²) in [6.07, 6.45) is 4.38. The fourth-order valence-electron chi connectivity index (χ4n) is 3.77. The molecule has 4 bridgehead atoms. The first-order chi connectivity index (χ1) is 13.3. The molecule has 0 saturated carbocycles. The number of ether oxygens (including phenoxy) is 2. The first-order valence-electron chi connectivity index (χ1n) is 8.98. The minimum Gasteiger partial charge on any atom is -0.465 e. The molecule has 0 fully saturated rings. The van der Waals surface area contributed by atoms with E-state index in [1.807, 2.05) is 11.6 Å². The molecule has 5 nitrogen and oxygen atoms in total. The van der Waals surface area contributed by atoms with Gasteiger partial charge in [0.05, 0.1) is 38.0 Å². The van der Waals surface area contributed by atoms with Crippen molar-refractivity contribution in [1.82, 2.24) is 4.57 Å². The highest BCUT2D eigenvalue weighted by atomic mass is 32.2. The Balaban J connectivity index is 2.20. The third-order valence-electron chi connectivity index (χ3n) is 4.98. The van der Waals surface area contributed by atoms with Gasteiger partial charge in [-0.05, 0) is 27.9 Å². The monoisotopic (exact) mass is 421 g/mol. The highest BCUT2D eigenvalue weighted by Crippen LogP contribution is 2.30. The first kappa shape index (κ1) is 20.9. The van der Waals surface area contributed by atoms with Crippen LogP contribution in [0.4, 0.5) is 0 Å². The van der Waals surface area contributed by atoms with Gasteiger partial charge in [0.2, 0.25) is 0 Å². The number of rotatable bonds is 2. The van der Waals surface area contributed by atoms with E-state index in [1.165, 1.54) is 25.3 Å². The molecule has 0 amide bonds. The zero-order chi connectivity index (χ0) is 20.4. The zero-order valence-electron chi connectivity index (χ0n) is 17.0. The number of hydrogen-bond acceptors (Lipinski definition) is 4. The van der Waals surface area contributed by atoms with E-state index in [0.29, 0.717) is 22.8 Å². The maximum Gasteiger partial charge on any atom is 0.355 e. The van der Waals surface area contributed by atoms with Crippen LogP contribution in [-0.4, -0.2) is 43.2 Å². The largest absolute Gasteiger partial charge is 0.465 e. The van der Waals surface area contributed by atoms with Crippen LogP contribution in [0.5, 0.6) is 0 Å².